The number of ether oxygens (including phenoxy) is 7. The third-order valence-corrected chi connectivity index (χ3v) is 17.5. The highest BCUT2D eigenvalue weighted by Gasteiger charge is 2.62. The number of amides is 2. The summed E-state index contributed by atoms with van der Waals surface area (Å²) in [5.41, 5.74) is 2.70. The number of methoxy groups -OCH3 is 2. The molecule has 4 fully saturated rings. The van der Waals surface area contributed by atoms with Gasteiger partial charge in [-0.15, -0.1) is 0 Å². The Hall–Kier alpha value is -8.80. The molecule has 0 bridgehead atoms. The van der Waals surface area contributed by atoms with Gasteiger partial charge in [-0.3, -0.25) is 29.0 Å². The lowest BCUT2D eigenvalue weighted by Gasteiger charge is -2.24. The molecule has 86 heavy (non-hydrogen) atoms. The van der Waals surface area contributed by atoms with Crippen LogP contribution in [0.3, 0.4) is 0 Å². The Labute approximate surface area is 499 Å². The lowest BCUT2D eigenvalue weighted by Crippen LogP contribution is -2.42. The number of carboxylic acid groups (broad SMARTS) is 1. The van der Waals surface area contributed by atoms with E-state index >= 15 is 0 Å². The molecule has 18 nitrogen and oxygen atoms in total. The number of carboxylic acids is 1. The Morgan fingerprint density at radius 1 is 0.605 bits per heavy atom. The van der Waals surface area contributed by atoms with Gasteiger partial charge < -0.3 is 38.3 Å². The van der Waals surface area contributed by atoms with Crippen molar-refractivity contribution in [3.8, 4) is 45.5 Å². The molecule has 4 aromatic carbocycles. The number of carbonyl (C=O) groups is 6. The van der Waals surface area contributed by atoms with Gasteiger partial charge in [0.1, 0.15) is 35.2 Å². The van der Waals surface area contributed by atoms with Crippen LogP contribution in [-0.4, -0.2) is 132 Å². The summed E-state index contributed by atoms with van der Waals surface area (Å²) in [6, 6.07) is 32.9. The number of carbonyl (C=O) groups excluding carboxylic acids is 5. The van der Waals surface area contributed by atoms with E-state index in [-0.39, 0.29) is 88.0 Å². The van der Waals surface area contributed by atoms with Crippen LogP contribution in [0.4, 0.5) is 9.59 Å². The quantitative estimate of drug-likeness (QED) is 0.0724. The van der Waals surface area contributed by atoms with E-state index in [4.69, 9.17) is 43.1 Å². The number of fused-ring (bicyclic) bond motifs is 6. The predicted octanol–water partition coefficient (Wildman–Crippen LogP) is 11.8. The first-order chi connectivity index (χ1) is 41.8. The molecule has 2 saturated heterocycles. The van der Waals surface area contributed by atoms with Gasteiger partial charge >= 0.3 is 24.1 Å². The maximum absolute atomic E-state index is 13.9. The minimum absolute atomic E-state index is 0.0120. The standard InChI is InChI=1S/C35H38N2O7.C33H34N2O7/c1-3-42-33(39)35-20-24(35)13-9-4-5-10-16-43-34(40)37-22-26(18-30(37)31(38)21-35)44-32-19-28(23-11-7-6-8-12-23)36-29-17-25(41-2)14-15-27(29)32;1-40-23-12-13-25-27(15-23)34-26(21-9-5-4-6-10-21)17-30(25)42-24-16-28-29(36)19-33(31(37)38)18-22(33)11-7-2-3-8-14-41-32(39)35(28)20-24/h6-9,11-15,17,19,24,26,30H,3-5,10,16,18,20-22H2,1-2H3;4-7,9-13,15,17,22,24,28H,2-3,8,14,16,18-20H2,1H3,(H,37,38)/b13-9-;11-7-/t24-,26-,30+,35-;22-,24-,28+,33-/m11/s1. The van der Waals surface area contributed by atoms with Gasteiger partial charge in [-0.1, -0.05) is 85.0 Å². The molecule has 0 unspecified atom stereocenters. The number of hydrogen-bond acceptors (Lipinski definition) is 15. The molecule has 2 amide bonds. The molecule has 8 atom stereocenters. The normalized spacial score (nSPS) is 26.5. The summed E-state index contributed by atoms with van der Waals surface area (Å²) in [4.78, 5) is 92.0. The van der Waals surface area contributed by atoms with Crippen LogP contribution in [0.5, 0.6) is 23.0 Å². The second-order valence-electron chi connectivity index (χ2n) is 23.1. The number of ketones is 2. The second kappa shape index (κ2) is 25.8. The largest absolute Gasteiger partial charge is 0.497 e. The van der Waals surface area contributed by atoms with Gasteiger partial charge in [0.15, 0.2) is 11.6 Å². The van der Waals surface area contributed by atoms with E-state index in [1.165, 1.54) is 9.80 Å². The van der Waals surface area contributed by atoms with Crippen LogP contribution in [0, 0.1) is 22.7 Å². The van der Waals surface area contributed by atoms with E-state index in [1.807, 2.05) is 127 Å². The molecule has 6 aromatic rings. The summed E-state index contributed by atoms with van der Waals surface area (Å²) >= 11 is 0. The monoisotopic (exact) mass is 1170 g/mol. The molecule has 448 valence electrons. The van der Waals surface area contributed by atoms with Crippen LogP contribution in [0.25, 0.3) is 44.3 Å². The Morgan fingerprint density at radius 2 is 1.06 bits per heavy atom. The zero-order valence-electron chi connectivity index (χ0n) is 48.7. The van der Waals surface area contributed by atoms with Crippen LogP contribution in [0.1, 0.15) is 84.0 Å². The highest BCUT2D eigenvalue weighted by Crippen LogP contribution is 2.58. The maximum Gasteiger partial charge on any atom is 0.410 e. The average Bonchev–Trinajstić information content (AvgIpc) is 1.85. The van der Waals surface area contributed by atoms with E-state index in [0.29, 0.717) is 59.7 Å². The van der Waals surface area contributed by atoms with Crippen LogP contribution in [-0.2, 0) is 33.4 Å². The van der Waals surface area contributed by atoms with Crippen LogP contribution >= 0.6 is 0 Å². The Bertz CT molecular complexity index is 3580. The number of Topliss-reactive ketones (excluding diaryl/α,β-unsaturated/α-hetero) is 2. The van der Waals surface area contributed by atoms with Gasteiger partial charge in [-0.2, -0.15) is 0 Å². The van der Waals surface area contributed by atoms with Gasteiger partial charge in [-0.05, 0) is 94.4 Å². The van der Waals surface area contributed by atoms with E-state index in [1.54, 1.807) is 21.1 Å². The molecule has 1 N–H and O–H groups in total. The van der Waals surface area contributed by atoms with E-state index in [2.05, 4.69) is 6.08 Å². The fourth-order valence-corrected chi connectivity index (χ4v) is 12.5. The van der Waals surface area contributed by atoms with E-state index in [0.717, 1.165) is 59.0 Å². The molecule has 6 heterocycles. The van der Waals surface area contributed by atoms with Crippen molar-refractivity contribution in [3.63, 3.8) is 0 Å². The first-order valence-electron chi connectivity index (χ1n) is 29.9. The summed E-state index contributed by atoms with van der Waals surface area (Å²) in [7, 11) is 3.21. The highest BCUT2D eigenvalue weighted by molar-refractivity contribution is 5.96. The minimum Gasteiger partial charge on any atom is -0.497 e. The summed E-state index contributed by atoms with van der Waals surface area (Å²) in [5, 5.41) is 11.6. The number of allylic oxidation sites excluding steroid dienone is 4. The lowest BCUT2D eigenvalue weighted by molar-refractivity contribution is -0.152. The number of hydrogen-bond donors (Lipinski definition) is 1. The molecule has 2 aliphatic carbocycles. The van der Waals surface area contributed by atoms with Gasteiger partial charge in [-0.25, -0.2) is 19.6 Å². The van der Waals surface area contributed by atoms with Crippen LogP contribution in [0.15, 0.2) is 133 Å². The van der Waals surface area contributed by atoms with Gasteiger partial charge in [0.25, 0.3) is 0 Å². The summed E-state index contributed by atoms with van der Waals surface area (Å²) < 4.78 is 40.6. The Kier molecular flexibility index (Phi) is 17.7. The van der Waals surface area contributed by atoms with Gasteiger partial charge in [0, 0.05) is 71.8 Å². The van der Waals surface area contributed by atoms with E-state index in [9.17, 15) is 33.9 Å². The van der Waals surface area contributed by atoms with Crippen molar-refractivity contribution in [2.45, 2.75) is 108 Å². The molecular weight excluding hydrogens is 1100 g/mol. The van der Waals surface area contributed by atoms with Crippen LogP contribution < -0.4 is 18.9 Å². The third kappa shape index (κ3) is 12.8. The highest BCUT2D eigenvalue weighted by atomic mass is 16.6. The topological polar surface area (TPSA) is 220 Å². The minimum atomic E-state index is -1.11. The van der Waals surface area contributed by atoms with Crippen molar-refractivity contribution in [2.24, 2.45) is 22.7 Å². The van der Waals surface area contributed by atoms with Crippen molar-refractivity contribution in [1.29, 1.82) is 0 Å². The van der Waals surface area contributed by atoms with E-state index < -0.39 is 53.3 Å². The summed E-state index contributed by atoms with van der Waals surface area (Å²) in [6.07, 6.45) is 12.0. The molecule has 6 aliphatic rings. The first kappa shape index (κ1) is 59.0. The molecule has 2 aromatic heterocycles. The fourth-order valence-electron chi connectivity index (χ4n) is 12.5. The third-order valence-electron chi connectivity index (χ3n) is 17.5. The Morgan fingerprint density at radius 3 is 1.51 bits per heavy atom. The SMILES string of the molecule is CCOC(=O)[C@]12CC(=O)[C@@H]3C[C@@H](Oc4cc(-c5ccccc5)nc5cc(OC)ccc45)CN3C(=O)OCCCC/C=C\[C@@H]1C2.COc1ccc2c(O[C@@H]3C[C@H]4C(=O)C[C@]5(C(=O)O)C[C@H]5/C=C\CCCCOC(=O)N4C3)cc(-c3ccccc3)nc2c1. The molecule has 18 heteroatoms. The number of cyclic esters (lactones) is 2. The smallest absolute Gasteiger partial charge is 0.410 e. The average molecular weight is 1170 g/mol. The van der Waals surface area contributed by atoms with Crippen molar-refractivity contribution >= 4 is 57.5 Å². The summed E-state index contributed by atoms with van der Waals surface area (Å²) in [6.45, 7) is 2.90. The van der Waals surface area contributed by atoms with Crippen molar-refractivity contribution in [3.05, 3.63) is 133 Å². The number of nitrogens with zero attached hydrogens (tertiary/aromatic N) is 4. The maximum atomic E-state index is 13.9. The number of pyridine rings is 2. The summed E-state index contributed by atoms with van der Waals surface area (Å²) in [5.74, 6) is 0.534. The molecule has 2 saturated carbocycles. The van der Waals surface area contributed by atoms with Crippen LogP contribution in [0.2, 0.25) is 0 Å². The molecule has 12 rings (SSSR count). The second-order valence-corrected chi connectivity index (χ2v) is 23.1. The Balaban J connectivity index is 0.000000179. The van der Waals surface area contributed by atoms with Gasteiger partial charge in [0.05, 0.1) is 92.5 Å². The number of aromatic nitrogens is 2. The first-order valence-corrected chi connectivity index (χ1v) is 29.9. The van der Waals surface area contributed by atoms with Crippen molar-refractivity contribution < 1.29 is 67.0 Å². The lowest BCUT2D eigenvalue weighted by atomic mass is 9.92. The number of benzene rings is 4. The molecule has 0 radical (unpaired) electrons. The van der Waals surface area contributed by atoms with Crippen molar-refractivity contribution in [2.75, 3.05) is 47.1 Å². The number of rotatable bonds is 11. The van der Waals surface area contributed by atoms with Crippen molar-refractivity contribution in [1.82, 2.24) is 19.8 Å². The molecular formula is C68H72N4O14. The zero-order chi connectivity index (χ0) is 60.0. The number of esters is 1. The molecule has 0 spiro atoms. The fraction of sp³-hybridized carbons (Fsp3) is 0.412. The number of aliphatic carboxylic acids is 1. The zero-order valence-corrected chi connectivity index (χ0v) is 48.7. The van der Waals surface area contributed by atoms with Gasteiger partial charge in [0.2, 0.25) is 0 Å². The predicted molar refractivity (Wildman–Crippen MR) is 320 cm³/mol. The molecule has 4 aliphatic heterocycles.